The van der Waals surface area contributed by atoms with Gasteiger partial charge in [-0.25, -0.2) is 4.39 Å². The van der Waals surface area contributed by atoms with Gasteiger partial charge in [-0.3, -0.25) is 0 Å². The quantitative estimate of drug-likeness (QED) is 0.906. The first-order valence-electron chi connectivity index (χ1n) is 6.76. The maximum Gasteiger partial charge on any atom is 0.130 e. The molecule has 0 radical (unpaired) electrons. The molecular weight excluding hydrogens is 251 g/mol. The fraction of sp³-hybridized carbons (Fsp3) is 0.294. The molecule has 3 heteroatoms. The predicted molar refractivity (Wildman–Crippen MR) is 83.0 cm³/mol. The number of hydrogen-bond acceptors (Lipinski definition) is 2. The highest BCUT2D eigenvalue weighted by molar-refractivity contribution is 5.69. The van der Waals surface area contributed by atoms with Crippen LogP contribution in [-0.4, -0.2) is 7.05 Å². The summed E-state index contributed by atoms with van der Waals surface area (Å²) >= 11 is 0. The van der Waals surface area contributed by atoms with Crippen LogP contribution in [0.1, 0.15) is 29.7 Å². The average Bonchev–Trinajstić information content (AvgIpc) is 2.37. The molecule has 0 heterocycles. The van der Waals surface area contributed by atoms with E-state index in [-0.39, 0.29) is 11.9 Å². The summed E-state index contributed by atoms with van der Waals surface area (Å²) in [4.78, 5) is 2.00. The van der Waals surface area contributed by atoms with Crippen LogP contribution in [-0.2, 0) is 0 Å². The van der Waals surface area contributed by atoms with E-state index in [1.165, 1.54) is 11.6 Å². The molecular formula is C17H21FN2. The van der Waals surface area contributed by atoms with Gasteiger partial charge < -0.3 is 10.6 Å². The molecule has 20 heavy (non-hydrogen) atoms. The number of halogens is 1. The summed E-state index contributed by atoms with van der Waals surface area (Å²) in [5, 5.41) is 0. The van der Waals surface area contributed by atoms with Crippen LogP contribution in [0.3, 0.4) is 0 Å². The molecule has 0 unspecified atom stereocenters. The summed E-state index contributed by atoms with van der Waals surface area (Å²) < 4.78 is 14.0. The normalized spacial score (nSPS) is 12.3. The van der Waals surface area contributed by atoms with Crippen LogP contribution in [0.5, 0.6) is 0 Å². The molecule has 0 aliphatic carbocycles. The maximum absolute atomic E-state index is 14.0. The van der Waals surface area contributed by atoms with Crippen molar-refractivity contribution in [1.82, 2.24) is 0 Å². The van der Waals surface area contributed by atoms with Crippen LogP contribution >= 0.6 is 0 Å². The van der Waals surface area contributed by atoms with Crippen molar-refractivity contribution in [2.45, 2.75) is 26.8 Å². The van der Waals surface area contributed by atoms with Gasteiger partial charge in [-0.1, -0.05) is 23.8 Å². The fourth-order valence-corrected chi connectivity index (χ4v) is 2.58. The Balaban J connectivity index is 2.53. The Morgan fingerprint density at radius 2 is 1.80 bits per heavy atom. The third kappa shape index (κ3) is 2.68. The average molecular weight is 272 g/mol. The second-order valence-corrected chi connectivity index (χ2v) is 5.31. The zero-order chi connectivity index (χ0) is 14.9. The molecule has 1 atom stereocenters. The minimum atomic E-state index is -0.348. The van der Waals surface area contributed by atoms with Crippen molar-refractivity contribution in [3.63, 3.8) is 0 Å². The number of nitrogens with two attached hydrogens (primary N) is 1. The van der Waals surface area contributed by atoms with Crippen LogP contribution in [0, 0.1) is 19.7 Å². The molecule has 2 N–H and O–H groups in total. The first kappa shape index (κ1) is 14.5. The van der Waals surface area contributed by atoms with Crippen molar-refractivity contribution in [1.29, 1.82) is 0 Å². The van der Waals surface area contributed by atoms with E-state index >= 15 is 0 Å². The van der Waals surface area contributed by atoms with E-state index in [9.17, 15) is 4.39 Å². The lowest BCUT2D eigenvalue weighted by atomic mass is 10.0. The number of rotatable bonds is 3. The molecule has 0 aliphatic rings. The van der Waals surface area contributed by atoms with Crippen LogP contribution in [0.2, 0.25) is 0 Å². The van der Waals surface area contributed by atoms with E-state index in [2.05, 4.69) is 32.0 Å². The van der Waals surface area contributed by atoms with Gasteiger partial charge in [0.15, 0.2) is 0 Å². The van der Waals surface area contributed by atoms with E-state index in [4.69, 9.17) is 5.73 Å². The molecule has 2 aromatic carbocycles. The van der Waals surface area contributed by atoms with Crippen molar-refractivity contribution < 1.29 is 4.39 Å². The summed E-state index contributed by atoms with van der Waals surface area (Å²) in [5.74, 6) is -0.255. The van der Waals surface area contributed by atoms with Crippen molar-refractivity contribution in [2.24, 2.45) is 5.73 Å². The highest BCUT2D eigenvalue weighted by atomic mass is 19.1. The second-order valence-electron chi connectivity index (χ2n) is 5.31. The second kappa shape index (κ2) is 5.63. The first-order valence-corrected chi connectivity index (χ1v) is 6.76. The molecule has 2 aromatic rings. The number of anilines is 2. The van der Waals surface area contributed by atoms with Gasteiger partial charge in [-0.15, -0.1) is 0 Å². The van der Waals surface area contributed by atoms with E-state index in [1.54, 1.807) is 13.0 Å². The molecule has 106 valence electrons. The van der Waals surface area contributed by atoms with Gasteiger partial charge in [0.2, 0.25) is 0 Å². The van der Waals surface area contributed by atoms with Crippen LogP contribution in [0.25, 0.3) is 0 Å². The Kier molecular flexibility index (Phi) is 4.09. The smallest absolute Gasteiger partial charge is 0.130 e. The maximum atomic E-state index is 14.0. The zero-order valence-electron chi connectivity index (χ0n) is 12.4. The summed E-state index contributed by atoms with van der Waals surface area (Å²) in [5.41, 5.74) is 10.7. The van der Waals surface area contributed by atoms with Crippen molar-refractivity contribution in [3.05, 3.63) is 58.9 Å². The highest BCUT2D eigenvalue weighted by Crippen LogP contribution is 2.33. The summed E-state index contributed by atoms with van der Waals surface area (Å²) in [7, 11) is 1.94. The minimum Gasteiger partial charge on any atom is -0.344 e. The van der Waals surface area contributed by atoms with Crippen LogP contribution in [0.4, 0.5) is 15.8 Å². The SMILES string of the molecule is Cc1ccc(N(C)c2cccc(F)c2[C@@H](C)N)c(C)c1. The zero-order valence-corrected chi connectivity index (χ0v) is 12.4. The number of benzene rings is 2. The number of hydrogen-bond donors (Lipinski definition) is 1. The van der Waals surface area contributed by atoms with Gasteiger partial charge in [-0.2, -0.15) is 0 Å². The van der Waals surface area contributed by atoms with Crippen molar-refractivity contribution in [3.8, 4) is 0 Å². The Bertz CT molecular complexity index is 620. The van der Waals surface area contributed by atoms with Crippen LogP contribution in [0.15, 0.2) is 36.4 Å². The third-order valence-electron chi connectivity index (χ3n) is 3.56. The molecule has 0 fully saturated rings. The Morgan fingerprint density at radius 3 is 2.40 bits per heavy atom. The van der Waals surface area contributed by atoms with E-state index in [1.807, 2.05) is 18.0 Å². The number of nitrogens with zero attached hydrogens (tertiary/aromatic N) is 1. The van der Waals surface area contributed by atoms with E-state index < -0.39 is 0 Å². The monoisotopic (exact) mass is 272 g/mol. The molecule has 0 aliphatic heterocycles. The lowest BCUT2D eigenvalue weighted by Gasteiger charge is -2.26. The molecule has 0 spiro atoms. The Hall–Kier alpha value is -1.87. The summed E-state index contributed by atoms with van der Waals surface area (Å²) in [6, 6.07) is 11.0. The topological polar surface area (TPSA) is 29.3 Å². The molecule has 0 saturated carbocycles. The van der Waals surface area contributed by atoms with Crippen molar-refractivity contribution >= 4 is 11.4 Å². The largest absolute Gasteiger partial charge is 0.344 e. The van der Waals surface area contributed by atoms with Crippen LogP contribution < -0.4 is 10.6 Å². The molecule has 2 rings (SSSR count). The van der Waals surface area contributed by atoms with Gasteiger partial charge >= 0.3 is 0 Å². The highest BCUT2D eigenvalue weighted by Gasteiger charge is 2.17. The molecule has 0 amide bonds. The van der Waals surface area contributed by atoms with Crippen molar-refractivity contribution in [2.75, 3.05) is 11.9 Å². The summed E-state index contributed by atoms with van der Waals surface area (Å²) in [6.07, 6.45) is 0. The lowest BCUT2D eigenvalue weighted by molar-refractivity contribution is 0.594. The number of aryl methyl sites for hydroxylation is 2. The minimum absolute atomic E-state index is 0.255. The summed E-state index contributed by atoms with van der Waals surface area (Å²) in [6.45, 7) is 5.92. The van der Waals surface area contributed by atoms with Gasteiger partial charge in [-0.05, 0) is 44.5 Å². The Labute approximate surface area is 120 Å². The molecule has 0 aromatic heterocycles. The van der Waals surface area contributed by atoms with E-state index in [0.717, 1.165) is 16.9 Å². The molecule has 0 bridgehead atoms. The van der Waals surface area contributed by atoms with Gasteiger partial charge in [0.1, 0.15) is 5.82 Å². The fourth-order valence-electron chi connectivity index (χ4n) is 2.58. The standard InChI is InChI=1S/C17H21FN2/c1-11-8-9-15(12(2)10-11)20(4)16-7-5-6-14(18)17(16)13(3)19/h5-10,13H,19H2,1-4H3/t13-/m1/s1. The van der Waals surface area contributed by atoms with Gasteiger partial charge in [0.05, 0.1) is 0 Å². The first-order chi connectivity index (χ1) is 9.41. The predicted octanol–water partition coefficient (Wildman–Crippen LogP) is 4.23. The molecule has 0 saturated heterocycles. The Morgan fingerprint density at radius 1 is 1.10 bits per heavy atom. The van der Waals surface area contributed by atoms with Gasteiger partial charge in [0, 0.05) is 30.0 Å². The lowest BCUT2D eigenvalue weighted by Crippen LogP contribution is -2.17. The van der Waals surface area contributed by atoms with Gasteiger partial charge in [0.25, 0.3) is 0 Å². The molecule has 2 nitrogen and oxygen atoms in total. The third-order valence-corrected chi connectivity index (χ3v) is 3.56. The van der Waals surface area contributed by atoms with E-state index in [0.29, 0.717) is 5.56 Å².